The fourth-order valence-corrected chi connectivity index (χ4v) is 2.21. The molecular weight excluding hydrogens is 264 g/mol. The van der Waals surface area contributed by atoms with Crippen LogP contribution in [0.3, 0.4) is 0 Å². The van der Waals surface area contributed by atoms with Crippen LogP contribution in [0.4, 0.5) is 11.5 Å². The number of nitrogens with one attached hydrogen (secondary N) is 1. The van der Waals surface area contributed by atoms with Crippen molar-refractivity contribution in [1.82, 2.24) is 9.88 Å². The number of aromatic nitrogens is 1. The number of rotatable bonds is 4. The zero-order chi connectivity index (χ0) is 14.7. The van der Waals surface area contributed by atoms with Gasteiger partial charge in [0.1, 0.15) is 17.6 Å². The normalized spacial score (nSPS) is 16.9. The molecule has 1 aromatic rings. The molecule has 0 spiro atoms. The molecule has 0 amide bonds. The minimum Gasteiger partial charge on any atom is -0.477 e. The lowest BCUT2D eigenvalue weighted by atomic mass is 10.1. The van der Waals surface area contributed by atoms with Gasteiger partial charge in [-0.1, -0.05) is 0 Å². The zero-order valence-corrected chi connectivity index (χ0v) is 11.1. The minimum absolute atomic E-state index is 0.210. The number of hydrogen-bond donors (Lipinski definition) is 2. The summed E-state index contributed by atoms with van der Waals surface area (Å²) in [6, 6.07) is 1.43. The number of aromatic carboxylic acids is 1. The molecule has 2 N–H and O–H groups in total. The van der Waals surface area contributed by atoms with Gasteiger partial charge >= 0.3 is 11.7 Å². The summed E-state index contributed by atoms with van der Waals surface area (Å²) >= 11 is 0. The van der Waals surface area contributed by atoms with Gasteiger partial charge in [0, 0.05) is 12.1 Å². The highest BCUT2D eigenvalue weighted by atomic mass is 16.6. The molecular formula is C12H16N4O4. The summed E-state index contributed by atoms with van der Waals surface area (Å²) in [6.45, 7) is 1.91. The maximum atomic E-state index is 11.0. The Morgan fingerprint density at radius 2 is 2.20 bits per heavy atom. The largest absolute Gasteiger partial charge is 0.477 e. The van der Waals surface area contributed by atoms with E-state index in [-0.39, 0.29) is 11.6 Å². The van der Waals surface area contributed by atoms with Crippen molar-refractivity contribution in [2.24, 2.45) is 0 Å². The zero-order valence-electron chi connectivity index (χ0n) is 11.1. The lowest BCUT2D eigenvalue weighted by molar-refractivity contribution is -0.385. The molecule has 1 aliphatic heterocycles. The van der Waals surface area contributed by atoms with Crippen molar-refractivity contribution >= 4 is 17.5 Å². The van der Waals surface area contributed by atoms with E-state index in [4.69, 9.17) is 5.11 Å². The van der Waals surface area contributed by atoms with Crippen LogP contribution < -0.4 is 5.32 Å². The Hall–Kier alpha value is -2.22. The van der Waals surface area contributed by atoms with Crippen LogP contribution in [-0.2, 0) is 0 Å². The summed E-state index contributed by atoms with van der Waals surface area (Å²) in [5.74, 6) is -0.965. The highest BCUT2D eigenvalue weighted by Gasteiger charge is 2.22. The molecule has 108 valence electrons. The van der Waals surface area contributed by atoms with Gasteiger partial charge in [-0.05, 0) is 33.0 Å². The highest BCUT2D eigenvalue weighted by molar-refractivity contribution is 5.93. The molecule has 0 aromatic carbocycles. The van der Waals surface area contributed by atoms with Gasteiger partial charge in [-0.2, -0.15) is 0 Å². The van der Waals surface area contributed by atoms with Crippen LogP contribution in [0.2, 0.25) is 0 Å². The summed E-state index contributed by atoms with van der Waals surface area (Å²) in [4.78, 5) is 27.2. The molecule has 8 nitrogen and oxygen atoms in total. The molecule has 0 saturated carbocycles. The molecule has 1 aliphatic rings. The summed E-state index contributed by atoms with van der Waals surface area (Å²) in [7, 11) is 2.04. The maximum Gasteiger partial charge on any atom is 0.342 e. The Morgan fingerprint density at radius 3 is 2.75 bits per heavy atom. The number of pyridine rings is 1. The van der Waals surface area contributed by atoms with E-state index >= 15 is 0 Å². The lowest BCUT2D eigenvalue weighted by Gasteiger charge is -2.29. The first-order chi connectivity index (χ1) is 9.47. The van der Waals surface area contributed by atoms with Gasteiger partial charge in [0.2, 0.25) is 0 Å². The van der Waals surface area contributed by atoms with Crippen molar-refractivity contribution in [2.75, 3.05) is 25.5 Å². The summed E-state index contributed by atoms with van der Waals surface area (Å²) in [5, 5.41) is 22.9. The van der Waals surface area contributed by atoms with Crippen molar-refractivity contribution in [3.63, 3.8) is 0 Å². The Kier molecular flexibility index (Phi) is 4.14. The van der Waals surface area contributed by atoms with Crippen LogP contribution >= 0.6 is 0 Å². The molecule has 0 unspecified atom stereocenters. The molecule has 2 heterocycles. The molecule has 0 bridgehead atoms. The fraction of sp³-hybridized carbons (Fsp3) is 0.500. The van der Waals surface area contributed by atoms with Crippen LogP contribution in [-0.4, -0.2) is 52.1 Å². The number of anilines is 1. The molecule has 1 saturated heterocycles. The third kappa shape index (κ3) is 3.21. The molecule has 2 rings (SSSR count). The molecule has 1 aromatic heterocycles. The van der Waals surface area contributed by atoms with Gasteiger partial charge in [-0.15, -0.1) is 0 Å². The fourth-order valence-electron chi connectivity index (χ4n) is 2.21. The van der Waals surface area contributed by atoms with E-state index in [1.165, 1.54) is 6.07 Å². The second-order valence-electron chi connectivity index (χ2n) is 4.87. The van der Waals surface area contributed by atoms with Gasteiger partial charge in [0.05, 0.1) is 4.92 Å². The van der Waals surface area contributed by atoms with Crippen LogP contribution in [0.15, 0.2) is 12.3 Å². The van der Waals surface area contributed by atoms with Gasteiger partial charge in [0.15, 0.2) is 0 Å². The number of nitro groups is 1. The average Bonchev–Trinajstić information content (AvgIpc) is 2.41. The van der Waals surface area contributed by atoms with Crippen LogP contribution in [0.25, 0.3) is 0 Å². The number of hydrogen-bond acceptors (Lipinski definition) is 6. The van der Waals surface area contributed by atoms with Crippen molar-refractivity contribution in [3.05, 3.63) is 27.9 Å². The third-order valence-corrected chi connectivity index (χ3v) is 3.38. The predicted octanol–water partition coefficient (Wildman–Crippen LogP) is 1.19. The van der Waals surface area contributed by atoms with Gasteiger partial charge < -0.3 is 15.3 Å². The number of carboxylic acid groups (broad SMARTS) is 1. The first-order valence-corrected chi connectivity index (χ1v) is 6.30. The maximum absolute atomic E-state index is 11.0. The quantitative estimate of drug-likeness (QED) is 0.630. The topological polar surface area (TPSA) is 109 Å². The standard InChI is InChI=1S/C12H16N4O4/c1-15-4-2-8(3-5-15)14-11-6-9(12(17)18)10(7-13-11)16(19)20/h6-8H,2-5H2,1H3,(H,13,14)(H,17,18). The Labute approximate surface area is 115 Å². The number of likely N-dealkylation sites (tertiary alicyclic amines) is 1. The van der Waals surface area contributed by atoms with E-state index in [0.29, 0.717) is 5.82 Å². The van der Waals surface area contributed by atoms with E-state index in [1.807, 2.05) is 7.05 Å². The van der Waals surface area contributed by atoms with Gasteiger partial charge in [-0.3, -0.25) is 10.1 Å². The molecule has 8 heteroatoms. The predicted molar refractivity (Wildman–Crippen MR) is 72.0 cm³/mol. The van der Waals surface area contributed by atoms with E-state index < -0.39 is 16.6 Å². The summed E-state index contributed by atoms with van der Waals surface area (Å²) in [5.41, 5.74) is -0.841. The van der Waals surface area contributed by atoms with E-state index in [1.54, 1.807) is 0 Å². The van der Waals surface area contributed by atoms with E-state index in [2.05, 4.69) is 15.2 Å². The number of carboxylic acids is 1. The second-order valence-corrected chi connectivity index (χ2v) is 4.87. The number of piperidine rings is 1. The van der Waals surface area contributed by atoms with Crippen molar-refractivity contribution in [2.45, 2.75) is 18.9 Å². The smallest absolute Gasteiger partial charge is 0.342 e. The molecule has 1 fully saturated rings. The van der Waals surface area contributed by atoms with Crippen LogP contribution in [0, 0.1) is 10.1 Å². The van der Waals surface area contributed by atoms with Crippen LogP contribution in [0.1, 0.15) is 23.2 Å². The summed E-state index contributed by atoms with van der Waals surface area (Å²) in [6.07, 6.45) is 2.84. The molecule has 20 heavy (non-hydrogen) atoms. The van der Waals surface area contributed by atoms with Crippen molar-refractivity contribution in [3.8, 4) is 0 Å². The third-order valence-electron chi connectivity index (χ3n) is 3.38. The number of carbonyl (C=O) groups is 1. The van der Waals surface area contributed by atoms with Crippen molar-refractivity contribution < 1.29 is 14.8 Å². The first kappa shape index (κ1) is 14.2. The number of nitrogens with zero attached hydrogens (tertiary/aromatic N) is 3. The Bertz CT molecular complexity index is 526. The molecule has 0 atom stereocenters. The SMILES string of the molecule is CN1CCC(Nc2cc(C(=O)O)c([N+](=O)[O-])cn2)CC1. The van der Waals surface area contributed by atoms with Crippen molar-refractivity contribution in [1.29, 1.82) is 0 Å². The van der Waals surface area contributed by atoms with E-state index in [0.717, 1.165) is 32.1 Å². The average molecular weight is 280 g/mol. The van der Waals surface area contributed by atoms with Gasteiger partial charge in [0.25, 0.3) is 0 Å². The lowest BCUT2D eigenvalue weighted by Crippen LogP contribution is -2.36. The second kappa shape index (κ2) is 5.83. The molecule has 0 aliphatic carbocycles. The monoisotopic (exact) mass is 280 g/mol. The molecule has 0 radical (unpaired) electrons. The Morgan fingerprint density at radius 1 is 1.55 bits per heavy atom. The van der Waals surface area contributed by atoms with Crippen LogP contribution in [0.5, 0.6) is 0 Å². The highest BCUT2D eigenvalue weighted by Crippen LogP contribution is 2.22. The minimum atomic E-state index is -1.33. The Balaban J connectivity index is 2.15. The summed E-state index contributed by atoms with van der Waals surface area (Å²) < 4.78 is 0. The first-order valence-electron chi connectivity index (χ1n) is 6.30. The van der Waals surface area contributed by atoms with E-state index in [9.17, 15) is 14.9 Å². The van der Waals surface area contributed by atoms with Gasteiger partial charge in [-0.25, -0.2) is 9.78 Å².